The van der Waals surface area contributed by atoms with E-state index in [-0.39, 0.29) is 26.6 Å². The van der Waals surface area contributed by atoms with Crippen molar-refractivity contribution < 1.29 is 21.6 Å². The molecule has 4 N–H and O–H groups in total. The number of hydrogen-bond acceptors (Lipinski definition) is 7. The van der Waals surface area contributed by atoms with E-state index in [0.717, 1.165) is 0 Å². The minimum absolute atomic E-state index is 0.0206. The zero-order valence-corrected chi connectivity index (χ0v) is 14.9. The van der Waals surface area contributed by atoms with Gasteiger partial charge in [-0.3, -0.25) is 0 Å². The van der Waals surface area contributed by atoms with Crippen LogP contribution >= 0.6 is 11.3 Å². The molecule has 0 radical (unpaired) electrons. The average Bonchev–Trinajstić information content (AvgIpc) is 2.77. The second-order valence-electron chi connectivity index (χ2n) is 5.22. The number of thiophene rings is 1. The molecule has 0 amide bonds. The van der Waals surface area contributed by atoms with Crippen LogP contribution in [-0.2, 0) is 24.6 Å². The van der Waals surface area contributed by atoms with Gasteiger partial charge in [-0.15, -0.1) is 11.3 Å². The summed E-state index contributed by atoms with van der Waals surface area (Å²) in [5.41, 5.74) is 6.28. The van der Waals surface area contributed by atoms with Crippen molar-refractivity contribution in [2.24, 2.45) is 5.14 Å². The Morgan fingerprint density at radius 3 is 2.50 bits per heavy atom. The highest BCUT2D eigenvalue weighted by atomic mass is 32.3. The van der Waals surface area contributed by atoms with Gasteiger partial charge in [0.25, 0.3) is 0 Å². The van der Waals surface area contributed by atoms with Gasteiger partial charge in [0.15, 0.2) is 14.0 Å². The molecule has 1 aliphatic rings. The maximum Gasteiger partial charge on any atom is 0.249 e. The molecule has 7 nitrogen and oxygen atoms in total. The number of nitrogen functional groups attached to an aromatic ring is 1. The standard InChI is InChI=1S/C12H20N2O5S3/c1-3-7-5-8(6-19-4-2)21(15,16)11-9(7)10(13)12(20-11)22(14,17)18/h7-8H,3-6,13H2,1-2H3,(H2,14,17,18). The van der Waals surface area contributed by atoms with E-state index in [1.807, 2.05) is 6.92 Å². The van der Waals surface area contributed by atoms with Crippen molar-refractivity contribution in [2.75, 3.05) is 18.9 Å². The summed E-state index contributed by atoms with van der Waals surface area (Å²) in [6.07, 6.45) is 1.03. The van der Waals surface area contributed by atoms with Gasteiger partial charge in [0.2, 0.25) is 10.0 Å². The Hall–Kier alpha value is -0.680. The quantitative estimate of drug-likeness (QED) is 0.799. The summed E-state index contributed by atoms with van der Waals surface area (Å²) in [6.45, 7) is 4.22. The lowest BCUT2D eigenvalue weighted by Crippen LogP contribution is -2.33. The van der Waals surface area contributed by atoms with E-state index in [0.29, 0.717) is 36.3 Å². The van der Waals surface area contributed by atoms with Gasteiger partial charge in [-0.1, -0.05) is 6.92 Å². The predicted octanol–water partition coefficient (Wildman–Crippen LogP) is 1.05. The normalized spacial score (nSPS) is 24.1. The van der Waals surface area contributed by atoms with Gasteiger partial charge in [-0.05, 0) is 25.7 Å². The van der Waals surface area contributed by atoms with Crippen LogP contribution in [0.25, 0.3) is 0 Å². The number of fused-ring (bicyclic) bond motifs is 1. The SMILES string of the molecule is CCOCC1CC(CC)c2c(sc(S(N)(=O)=O)c2N)S1(=O)=O. The topological polar surface area (TPSA) is 130 Å². The van der Waals surface area contributed by atoms with Gasteiger partial charge in [0.1, 0.15) is 4.21 Å². The van der Waals surface area contributed by atoms with Crippen LogP contribution < -0.4 is 10.9 Å². The van der Waals surface area contributed by atoms with Crippen LogP contribution in [0.1, 0.15) is 38.2 Å². The molecule has 0 bridgehead atoms. The first kappa shape index (κ1) is 17.7. The summed E-state index contributed by atoms with van der Waals surface area (Å²) in [4.78, 5) is 0. The van der Waals surface area contributed by atoms with Gasteiger partial charge in [0.05, 0.1) is 17.5 Å². The average molecular weight is 369 g/mol. The fourth-order valence-electron chi connectivity index (χ4n) is 2.71. The molecule has 1 aliphatic heterocycles. The summed E-state index contributed by atoms with van der Waals surface area (Å²) < 4.78 is 53.7. The van der Waals surface area contributed by atoms with Crippen molar-refractivity contribution in [2.45, 2.75) is 46.3 Å². The van der Waals surface area contributed by atoms with Gasteiger partial charge in [0, 0.05) is 12.2 Å². The van der Waals surface area contributed by atoms with Crippen molar-refractivity contribution >= 4 is 36.9 Å². The molecular weight excluding hydrogens is 348 g/mol. The Labute approximate surface area is 134 Å². The molecule has 0 aromatic carbocycles. The van der Waals surface area contributed by atoms with Crippen molar-refractivity contribution in [3.05, 3.63) is 5.56 Å². The van der Waals surface area contributed by atoms with E-state index >= 15 is 0 Å². The van der Waals surface area contributed by atoms with Crippen molar-refractivity contribution in [1.82, 2.24) is 0 Å². The Balaban J connectivity index is 2.64. The Kier molecular flexibility index (Phi) is 4.88. The van der Waals surface area contributed by atoms with Gasteiger partial charge >= 0.3 is 0 Å². The third-order valence-electron chi connectivity index (χ3n) is 3.83. The van der Waals surface area contributed by atoms with Gasteiger partial charge < -0.3 is 10.5 Å². The van der Waals surface area contributed by atoms with Crippen LogP contribution in [0.3, 0.4) is 0 Å². The van der Waals surface area contributed by atoms with E-state index in [2.05, 4.69) is 0 Å². The lowest BCUT2D eigenvalue weighted by molar-refractivity contribution is 0.142. The second-order valence-corrected chi connectivity index (χ2v) is 10.4. The predicted molar refractivity (Wildman–Crippen MR) is 85.2 cm³/mol. The van der Waals surface area contributed by atoms with Gasteiger partial charge in [-0.2, -0.15) is 0 Å². The number of primary sulfonamides is 1. The van der Waals surface area contributed by atoms with Crippen molar-refractivity contribution in [3.63, 3.8) is 0 Å². The molecule has 0 saturated heterocycles. The Morgan fingerprint density at radius 2 is 2.00 bits per heavy atom. The molecule has 0 spiro atoms. The zero-order chi connectivity index (χ0) is 16.7. The number of rotatable bonds is 5. The molecule has 10 heteroatoms. The Bertz CT molecular complexity index is 767. The monoisotopic (exact) mass is 368 g/mol. The highest BCUT2D eigenvalue weighted by molar-refractivity contribution is 7.95. The van der Waals surface area contributed by atoms with Crippen molar-refractivity contribution in [1.29, 1.82) is 0 Å². The summed E-state index contributed by atoms with van der Waals surface area (Å²) >= 11 is 0.651. The second kappa shape index (κ2) is 6.08. The minimum atomic E-state index is -4.05. The van der Waals surface area contributed by atoms with Crippen LogP contribution in [0.5, 0.6) is 0 Å². The number of sulfonamides is 1. The van der Waals surface area contributed by atoms with Crippen LogP contribution in [-0.4, -0.2) is 35.3 Å². The van der Waals surface area contributed by atoms with Crippen LogP contribution in [0.15, 0.2) is 8.42 Å². The lowest BCUT2D eigenvalue weighted by Gasteiger charge is -2.28. The first-order chi connectivity index (χ1) is 10.1. The summed E-state index contributed by atoms with van der Waals surface area (Å²) in [6, 6.07) is 0. The summed E-state index contributed by atoms with van der Waals surface area (Å²) in [7, 11) is -7.71. The molecule has 0 aliphatic carbocycles. The highest BCUT2D eigenvalue weighted by Gasteiger charge is 2.43. The third kappa shape index (κ3) is 2.90. The number of nitrogens with two attached hydrogens (primary N) is 2. The molecule has 0 saturated carbocycles. The van der Waals surface area contributed by atoms with Crippen LogP contribution in [0.4, 0.5) is 5.69 Å². The first-order valence-electron chi connectivity index (χ1n) is 6.91. The first-order valence-corrected chi connectivity index (χ1v) is 10.8. The molecule has 2 atom stereocenters. The number of sulfone groups is 1. The molecule has 2 rings (SSSR count). The fraction of sp³-hybridized carbons (Fsp3) is 0.667. The van der Waals surface area contributed by atoms with Crippen molar-refractivity contribution in [3.8, 4) is 0 Å². The maximum absolute atomic E-state index is 12.7. The third-order valence-corrected chi connectivity index (χ3v) is 9.21. The summed E-state index contributed by atoms with van der Waals surface area (Å²) in [5.74, 6) is -0.115. The molecule has 1 aromatic rings. The van der Waals surface area contributed by atoms with Crippen LogP contribution in [0.2, 0.25) is 0 Å². The maximum atomic E-state index is 12.7. The number of ether oxygens (including phenoxy) is 1. The zero-order valence-electron chi connectivity index (χ0n) is 12.4. The molecule has 2 heterocycles. The highest BCUT2D eigenvalue weighted by Crippen LogP contribution is 2.49. The van der Waals surface area contributed by atoms with Gasteiger partial charge in [-0.25, -0.2) is 22.0 Å². The number of hydrogen-bond donors (Lipinski definition) is 2. The van der Waals surface area contributed by atoms with E-state index < -0.39 is 25.1 Å². The minimum Gasteiger partial charge on any atom is -0.397 e. The number of anilines is 1. The van der Waals surface area contributed by atoms with Crippen LogP contribution in [0, 0.1) is 0 Å². The summed E-state index contributed by atoms with van der Waals surface area (Å²) in [5, 5.41) is 4.46. The van der Waals surface area contributed by atoms with E-state index in [4.69, 9.17) is 15.6 Å². The molecule has 1 aromatic heterocycles. The van der Waals surface area contributed by atoms with E-state index in [1.165, 1.54) is 0 Å². The largest absolute Gasteiger partial charge is 0.397 e. The van der Waals surface area contributed by atoms with E-state index in [1.54, 1.807) is 6.92 Å². The van der Waals surface area contributed by atoms with E-state index in [9.17, 15) is 16.8 Å². The fourth-order valence-corrected chi connectivity index (χ4v) is 7.55. The molecule has 126 valence electrons. The Morgan fingerprint density at radius 1 is 1.36 bits per heavy atom. The molecule has 22 heavy (non-hydrogen) atoms. The molecular formula is C12H20N2O5S3. The lowest BCUT2D eigenvalue weighted by atomic mass is 9.92. The molecule has 2 unspecified atom stereocenters. The molecule has 0 fully saturated rings. The smallest absolute Gasteiger partial charge is 0.249 e.